The van der Waals surface area contributed by atoms with E-state index in [4.69, 9.17) is 0 Å². The van der Waals surface area contributed by atoms with Crippen molar-refractivity contribution >= 4 is 15.9 Å². The van der Waals surface area contributed by atoms with Crippen LogP contribution in [0.25, 0.3) is 0 Å². The van der Waals surface area contributed by atoms with Crippen molar-refractivity contribution in [1.82, 2.24) is 0 Å². The maximum atomic E-state index is 10.5. The summed E-state index contributed by atoms with van der Waals surface area (Å²) >= 11 is 0. The van der Waals surface area contributed by atoms with E-state index in [0.29, 0.717) is 11.1 Å². The Hall–Kier alpha value is -1.60. The van der Waals surface area contributed by atoms with E-state index in [2.05, 4.69) is 21.7 Å². The third kappa shape index (κ3) is 2.17. The fourth-order valence-corrected chi connectivity index (χ4v) is 1.10. The summed E-state index contributed by atoms with van der Waals surface area (Å²) in [6, 6.07) is 4.89. The molecule has 0 heterocycles. The number of nitro benzene ring substituents is 1. The lowest BCUT2D eigenvalue weighted by Gasteiger charge is -1.96. The van der Waals surface area contributed by atoms with Gasteiger partial charge in [-0.2, -0.15) is 0 Å². The monoisotopic (exact) mass is 188 g/mol. The van der Waals surface area contributed by atoms with E-state index >= 15 is 0 Å². The molecule has 0 saturated heterocycles. The van der Waals surface area contributed by atoms with Crippen molar-refractivity contribution < 1.29 is 4.92 Å². The van der Waals surface area contributed by atoms with Gasteiger partial charge in [-0.05, 0) is 13.0 Å². The smallest absolute Gasteiger partial charge is 0.258 e. The third-order valence-electron chi connectivity index (χ3n) is 1.61. The van der Waals surface area contributed by atoms with E-state index in [1.165, 1.54) is 6.07 Å². The Morgan fingerprint density at radius 2 is 2.23 bits per heavy atom. The van der Waals surface area contributed by atoms with Crippen molar-refractivity contribution in [3.8, 4) is 11.5 Å². The summed E-state index contributed by atoms with van der Waals surface area (Å²) in [5.41, 5.74) is 3.88. The largest absolute Gasteiger partial charge is 0.273 e. The van der Waals surface area contributed by atoms with Gasteiger partial charge in [0.1, 0.15) is 10.2 Å². The molecule has 4 heteroatoms. The van der Waals surface area contributed by atoms with Gasteiger partial charge in [-0.15, -0.1) is 5.54 Å². The minimum absolute atomic E-state index is 0.104. The standard InChI is InChI=1S/C9H6NO2Si/c1-7-2-3-8(4-5-13)6-9(7)10(11)12/h2-3,6H,1H3. The topological polar surface area (TPSA) is 43.1 Å². The van der Waals surface area contributed by atoms with E-state index in [0.717, 1.165) is 0 Å². The van der Waals surface area contributed by atoms with Gasteiger partial charge in [0.05, 0.1) is 4.92 Å². The van der Waals surface area contributed by atoms with Gasteiger partial charge in [0.2, 0.25) is 0 Å². The quantitative estimate of drug-likeness (QED) is 0.289. The van der Waals surface area contributed by atoms with Gasteiger partial charge < -0.3 is 0 Å². The van der Waals surface area contributed by atoms with Crippen LogP contribution in [0.2, 0.25) is 0 Å². The first-order valence-corrected chi connectivity index (χ1v) is 4.08. The highest BCUT2D eigenvalue weighted by molar-refractivity contribution is 6.22. The van der Waals surface area contributed by atoms with E-state index < -0.39 is 4.92 Å². The molecule has 0 aliphatic heterocycles. The highest BCUT2D eigenvalue weighted by Gasteiger charge is 2.09. The first-order valence-electron chi connectivity index (χ1n) is 3.58. The second kappa shape index (κ2) is 3.87. The molecule has 0 aliphatic rings. The summed E-state index contributed by atoms with van der Waals surface area (Å²) in [5.74, 6) is 2.69. The molecule has 0 atom stereocenters. The molecule has 3 radical (unpaired) electrons. The first kappa shape index (κ1) is 9.48. The fourth-order valence-electron chi connectivity index (χ4n) is 0.956. The summed E-state index contributed by atoms with van der Waals surface area (Å²) < 4.78 is 0. The number of hydrogen-bond donors (Lipinski definition) is 0. The molecule has 3 nitrogen and oxygen atoms in total. The maximum Gasteiger partial charge on any atom is 0.273 e. The van der Waals surface area contributed by atoms with E-state index in [9.17, 15) is 10.1 Å². The summed E-state index contributed by atoms with van der Waals surface area (Å²) in [6.45, 7) is 1.70. The van der Waals surface area contributed by atoms with Crippen LogP contribution in [0, 0.1) is 28.5 Å². The molecule has 0 bridgehead atoms. The molecule has 0 N–H and O–H groups in total. The van der Waals surface area contributed by atoms with Gasteiger partial charge in [0.25, 0.3) is 5.69 Å². The van der Waals surface area contributed by atoms with Crippen LogP contribution in [0.4, 0.5) is 5.69 Å². The number of rotatable bonds is 1. The van der Waals surface area contributed by atoms with Gasteiger partial charge >= 0.3 is 0 Å². The van der Waals surface area contributed by atoms with E-state index in [-0.39, 0.29) is 5.69 Å². The normalized spacial score (nSPS) is 8.77. The number of aryl methyl sites for hydroxylation is 1. The van der Waals surface area contributed by atoms with Crippen molar-refractivity contribution in [2.24, 2.45) is 0 Å². The summed E-state index contributed by atoms with van der Waals surface area (Å²) in [5, 5.41) is 10.5. The minimum Gasteiger partial charge on any atom is -0.258 e. The number of hydrogen-bond acceptors (Lipinski definition) is 2. The number of benzene rings is 1. The van der Waals surface area contributed by atoms with Crippen molar-refractivity contribution in [2.45, 2.75) is 6.92 Å². The molecule has 0 aliphatic carbocycles. The molecule has 1 rings (SSSR count). The molecule has 0 aromatic heterocycles. The predicted octanol–water partition coefficient (Wildman–Crippen LogP) is 1.38. The van der Waals surface area contributed by atoms with Gasteiger partial charge in [-0.3, -0.25) is 10.1 Å². The molecule has 0 fully saturated rings. The van der Waals surface area contributed by atoms with Crippen LogP contribution in [-0.4, -0.2) is 15.2 Å². The Kier molecular flexibility index (Phi) is 2.83. The van der Waals surface area contributed by atoms with Crippen molar-refractivity contribution in [3.05, 3.63) is 39.4 Å². The molecule has 0 spiro atoms. The van der Waals surface area contributed by atoms with Gasteiger partial charge in [-0.1, -0.05) is 12.0 Å². The summed E-state index contributed by atoms with van der Waals surface area (Å²) in [7, 11) is 2.98. The van der Waals surface area contributed by atoms with Gasteiger partial charge in [0, 0.05) is 17.2 Å². The highest BCUT2D eigenvalue weighted by atomic mass is 28.1. The summed E-state index contributed by atoms with van der Waals surface area (Å²) in [4.78, 5) is 10.1. The van der Waals surface area contributed by atoms with Crippen LogP contribution >= 0.6 is 0 Å². The zero-order valence-corrected chi connectivity index (χ0v) is 8.00. The van der Waals surface area contributed by atoms with Gasteiger partial charge in [-0.25, -0.2) is 0 Å². The molecule has 63 valence electrons. The van der Waals surface area contributed by atoms with Crippen LogP contribution in [0.3, 0.4) is 0 Å². The van der Waals surface area contributed by atoms with Crippen LogP contribution < -0.4 is 0 Å². The Labute approximate surface area is 79.3 Å². The molecule has 13 heavy (non-hydrogen) atoms. The average molecular weight is 188 g/mol. The number of nitro groups is 1. The molecule has 1 aromatic rings. The molecule has 0 unspecified atom stereocenters. The molecule has 1 aromatic carbocycles. The SMILES string of the molecule is Cc1ccc(C#C[Si])cc1[N+](=O)[O-]. The van der Waals surface area contributed by atoms with E-state index in [1.807, 2.05) is 0 Å². The Morgan fingerprint density at radius 1 is 1.54 bits per heavy atom. The predicted molar refractivity (Wildman–Crippen MR) is 50.5 cm³/mol. The Morgan fingerprint density at radius 3 is 2.77 bits per heavy atom. The molecule has 0 saturated carbocycles. The second-order valence-corrected chi connectivity index (χ2v) is 2.76. The lowest BCUT2D eigenvalue weighted by Crippen LogP contribution is -1.92. The lowest BCUT2D eigenvalue weighted by atomic mass is 10.1. The highest BCUT2D eigenvalue weighted by Crippen LogP contribution is 2.18. The van der Waals surface area contributed by atoms with Crippen molar-refractivity contribution in [2.75, 3.05) is 0 Å². The zero-order valence-electron chi connectivity index (χ0n) is 7.00. The maximum absolute atomic E-state index is 10.5. The average Bonchev–Trinajstić information content (AvgIpc) is 2.08. The molecular weight excluding hydrogens is 182 g/mol. The third-order valence-corrected chi connectivity index (χ3v) is 1.74. The van der Waals surface area contributed by atoms with E-state index in [1.54, 1.807) is 19.1 Å². The summed E-state index contributed by atoms with van der Waals surface area (Å²) in [6.07, 6.45) is 0. The molecule has 0 amide bonds. The zero-order chi connectivity index (χ0) is 9.84. The van der Waals surface area contributed by atoms with Crippen LogP contribution in [0.15, 0.2) is 18.2 Å². The second-order valence-electron chi connectivity index (χ2n) is 2.51. The van der Waals surface area contributed by atoms with Gasteiger partial charge in [0.15, 0.2) is 0 Å². The number of nitrogens with zero attached hydrogens (tertiary/aromatic N) is 1. The van der Waals surface area contributed by atoms with Crippen LogP contribution in [-0.2, 0) is 0 Å². The van der Waals surface area contributed by atoms with Crippen LogP contribution in [0.1, 0.15) is 11.1 Å². The Balaban J connectivity index is 3.24. The van der Waals surface area contributed by atoms with Crippen molar-refractivity contribution in [3.63, 3.8) is 0 Å². The minimum atomic E-state index is -0.409. The lowest BCUT2D eigenvalue weighted by molar-refractivity contribution is -0.385. The fraction of sp³-hybridized carbons (Fsp3) is 0.111. The molecular formula is C9H6NO2Si. The van der Waals surface area contributed by atoms with Crippen molar-refractivity contribution in [1.29, 1.82) is 0 Å². The first-order chi connectivity index (χ1) is 6.15. The van der Waals surface area contributed by atoms with Crippen LogP contribution in [0.5, 0.6) is 0 Å². The Bertz CT molecular complexity index is 404.